The summed E-state index contributed by atoms with van der Waals surface area (Å²) in [6.07, 6.45) is 1.04. The van der Waals surface area contributed by atoms with E-state index in [0.29, 0.717) is 22.7 Å². The molecule has 0 aliphatic carbocycles. The summed E-state index contributed by atoms with van der Waals surface area (Å²) < 4.78 is 39.9. The van der Waals surface area contributed by atoms with Crippen LogP contribution >= 0.6 is 11.8 Å². The Morgan fingerprint density at radius 2 is 1.61 bits per heavy atom. The molecule has 4 rings (SSSR count). The molecule has 0 radical (unpaired) electrons. The number of sulfonamides is 1. The Kier molecular flexibility index (Phi) is 7.06. The van der Waals surface area contributed by atoms with Crippen LogP contribution in [0.15, 0.2) is 83.4 Å². The molecule has 0 saturated heterocycles. The number of anilines is 1. The van der Waals surface area contributed by atoms with Gasteiger partial charge in [-0.2, -0.15) is 5.26 Å². The summed E-state index contributed by atoms with van der Waals surface area (Å²) in [5, 5.41) is 9.19. The van der Waals surface area contributed by atoms with E-state index in [1.807, 2.05) is 29.2 Å². The van der Waals surface area contributed by atoms with Crippen molar-refractivity contribution in [2.24, 2.45) is 5.73 Å². The first-order valence-corrected chi connectivity index (χ1v) is 13.6. The lowest BCUT2D eigenvalue weighted by atomic mass is 10.0. The van der Waals surface area contributed by atoms with E-state index in [1.165, 1.54) is 23.9 Å². The Hall–Kier alpha value is -3.81. The van der Waals surface area contributed by atoms with Crippen molar-refractivity contribution in [2.45, 2.75) is 19.0 Å². The van der Waals surface area contributed by atoms with Gasteiger partial charge < -0.3 is 10.6 Å². The van der Waals surface area contributed by atoms with Gasteiger partial charge in [0, 0.05) is 17.1 Å². The molecule has 1 unspecified atom stereocenters. The van der Waals surface area contributed by atoms with E-state index >= 15 is 0 Å². The molecule has 0 fully saturated rings. The molecule has 1 heterocycles. The number of benzene rings is 3. The molecule has 3 aromatic carbocycles. The summed E-state index contributed by atoms with van der Waals surface area (Å²) in [6, 6.07) is 22.7. The molecular formula is C26H23FN4O3S2. The molecule has 0 spiro atoms. The van der Waals surface area contributed by atoms with Crippen LogP contribution in [0.25, 0.3) is 11.1 Å². The van der Waals surface area contributed by atoms with Gasteiger partial charge in [-0.3, -0.25) is 4.79 Å². The highest BCUT2D eigenvalue weighted by molar-refractivity contribution is 8.04. The third-order valence-corrected chi connectivity index (χ3v) is 8.16. The van der Waals surface area contributed by atoms with Gasteiger partial charge in [0.2, 0.25) is 10.0 Å². The van der Waals surface area contributed by atoms with Crippen LogP contribution in [0.5, 0.6) is 0 Å². The average Bonchev–Trinajstić information content (AvgIpc) is 3.21. The summed E-state index contributed by atoms with van der Waals surface area (Å²) in [6.45, 7) is 1.97. The lowest BCUT2D eigenvalue weighted by Crippen LogP contribution is -2.47. The standard InChI is InChI=1S/C26H23FN4O3S2/c1-17-24(25(29)32)31(36(2,33)34)26(35-17)30(23-13-5-18(15-28)6-14-23)16-19-3-7-20(8-4-19)21-9-11-22(27)12-10-21/h3-14,26H,16H2,1-2H3,(H2,29,32). The van der Waals surface area contributed by atoms with Crippen LogP contribution < -0.4 is 10.6 Å². The van der Waals surface area contributed by atoms with E-state index in [0.717, 1.165) is 27.3 Å². The Bertz CT molecular complexity index is 1460. The number of amides is 1. The molecule has 1 atom stereocenters. The van der Waals surface area contributed by atoms with Crippen molar-refractivity contribution in [3.63, 3.8) is 0 Å². The smallest absolute Gasteiger partial charge is 0.266 e. The van der Waals surface area contributed by atoms with Gasteiger partial charge >= 0.3 is 0 Å². The van der Waals surface area contributed by atoms with Crippen LogP contribution in [0, 0.1) is 17.1 Å². The molecule has 0 saturated carbocycles. The fourth-order valence-corrected chi connectivity index (χ4v) is 6.80. The molecule has 10 heteroatoms. The molecule has 1 aliphatic heterocycles. The van der Waals surface area contributed by atoms with Crippen LogP contribution in [-0.2, 0) is 21.4 Å². The number of hydrogen-bond acceptors (Lipinski definition) is 6. The normalized spacial score (nSPS) is 15.6. The maximum atomic E-state index is 13.3. The molecule has 36 heavy (non-hydrogen) atoms. The number of rotatable bonds is 7. The number of nitrogens with zero attached hydrogens (tertiary/aromatic N) is 3. The van der Waals surface area contributed by atoms with Crippen molar-refractivity contribution >= 4 is 33.4 Å². The summed E-state index contributed by atoms with van der Waals surface area (Å²) in [7, 11) is -3.85. The highest BCUT2D eigenvalue weighted by atomic mass is 32.2. The van der Waals surface area contributed by atoms with Crippen molar-refractivity contribution in [2.75, 3.05) is 11.2 Å². The number of nitrogens with two attached hydrogens (primary N) is 1. The fourth-order valence-electron chi connectivity index (χ4n) is 4.00. The largest absolute Gasteiger partial charge is 0.364 e. The van der Waals surface area contributed by atoms with Gasteiger partial charge in [0.05, 0.1) is 17.9 Å². The van der Waals surface area contributed by atoms with Crippen LogP contribution in [0.3, 0.4) is 0 Å². The average molecular weight is 523 g/mol. The minimum atomic E-state index is -3.85. The van der Waals surface area contributed by atoms with Gasteiger partial charge in [0.1, 0.15) is 11.5 Å². The van der Waals surface area contributed by atoms with Gasteiger partial charge in [-0.25, -0.2) is 17.1 Å². The molecular weight excluding hydrogens is 499 g/mol. The number of thioether (sulfide) groups is 1. The highest BCUT2D eigenvalue weighted by Gasteiger charge is 2.42. The van der Waals surface area contributed by atoms with Crippen LogP contribution in [0.2, 0.25) is 0 Å². The Labute approximate surface area is 213 Å². The summed E-state index contributed by atoms with van der Waals surface area (Å²) >= 11 is 1.22. The minimum Gasteiger partial charge on any atom is -0.364 e. The molecule has 1 aliphatic rings. The number of nitriles is 1. The van der Waals surface area contributed by atoms with E-state index in [-0.39, 0.29) is 11.5 Å². The summed E-state index contributed by atoms with van der Waals surface area (Å²) in [5.74, 6) is -1.13. The van der Waals surface area contributed by atoms with E-state index in [9.17, 15) is 22.9 Å². The van der Waals surface area contributed by atoms with Crippen molar-refractivity contribution in [3.05, 3.63) is 100 Å². The molecule has 3 aromatic rings. The second-order valence-electron chi connectivity index (χ2n) is 8.26. The highest BCUT2D eigenvalue weighted by Crippen LogP contribution is 2.43. The lowest BCUT2D eigenvalue weighted by molar-refractivity contribution is -0.115. The first-order chi connectivity index (χ1) is 17.1. The monoisotopic (exact) mass is 522 g/mol. The maximum absolute atomic E-state index is 13.3. The molecule has 7 nitrogen and oxygen atoms in total. The zero-order chi connectivity index (χ0) is 26.0. The van der Waals surface area contributed by atoms with Crippen LogP contribution in [-0.4, -0.2) is 30.4 Å². The Morgan fingerprint density at radius 3 is 2.11 bits per heavy atom. The predicted octanol–water partition coefficient (Wildman–Crippen LogP) is 4.38. The lowest BCUT2D eigenvalue weighted by Gasteiger charge is -2.36. The van der Waals surface area contributed by atoms with E-state index in [1.54, 1.807) is 43.3 Å². The minimum absolute atomic E-state index is 0.0576. The number of carbonyl (C=O) groups excluding carboxylic acids is 1. The predicted molar refractivity (Wildman–Crippen MR) is 139 cm³/mol. The SMILES string of the molecule is CC1=C(C(N)=O)N(S(C)(=O)=O)C(N(Cc2ccc(-c3ccc(F)cc3)cc2)c2ccc(C#N)cc2)S1. The van der Waals surface area contributed by atoms with Gasteiger partial charge in [-0.05, 0) is 60.0 Å². The first-order valence-electron chi connectivity index (χ1n) is 10.9. The molecule has 2 N–H and O–H groups in total. The first kappa shape index (κ1) is 25.3. The molecule has 1 amide bonds. The van der Waals surface area contributed by atoms with E-state index in [2.05, 4.69) is 6.07 Å². The van der Waals surface area contributed by atoms with Crippen molar-refractivity contribution in [3.8, 4) is 17.2 Å². The van der Waals surface area contributed by atoms with E-state index < -0.39 is 21.4 Å². The number of halogens is 1. The number of carbonyl (C=O) groups is 1. The zero-order valence-electron chi connectivity index (χ0n) is 19.6. The number of allylic oxidation sites excluding steroid dienone is 1. The van der Waals surface area contributed by atoms with Gasteiger partial charge in [0.15, 0.2) is 5.50 Å². The molecule has 0 bridgehead atoms. The third kappa shape index (κ3) is 5.22. The van der Waals surface area contributed by atoms with Gasteiger partial charge in [-0.15, -0.1) is 0 Å². The topological polar surface area (TPSA) is 108 Å². The van der Waals surface area contributed by atoms with Gasteiger partial charge in [-0.1, -0.05) is 48.2 Å². The van der Waals surface area contributed by atoms with Crippen molar-refractivity contribution < 1.29 is 17.6 Å². The van der Waals surface area contributed by atoms with Crippen LogP contribution in [0.4, 0.5) is 10.1 Å². The fraction of sp³-hybridized carbons (Fsp3) is 0.154. The Morgan fingerprint density at radius 1 is 1.06 bits per heavy atom. The second-order valence-corrected chi connectivity index (χ2v) is 11.4. The third-order valence-electron chi connectivity index (χ3n) is 5.71. The number of hydrogen-bond donors (Lipinski definition) is 1. The van der Waals surface area contributed by atoms with Crippen LogP contribution in [0.1, 0.15) is 18.1 Å². The Balaban J connectivity index is 1.72. The van der Waals surface area contributed by atoms with E-state index in [4.69, 9.17) is 5.73 Å². The summed E-state index contributed by atoms with van der Waals surface area (Å²) in [4.78, 5) is 14.5. The summed E-state index contributed by atoms with van der Waals surface area (Å²) in [5.41, 5.74) is 8.49. The number of primary amides is 1. The maximum Gasteiger partial charge on any atom is 0.266 e. The zero-order valence-corrected chi connectivity index (χ0v) is 21.2. The molecule has 184 valence electrons. The van der Waals surface area contributed by atoms with Crippen molar-refractivity contribution in [1.29, 1.82) is 5.26 Å². The second kappa shape index (κ2) is 10.0. The quantitative estimate of drug-likeness (QED) is 0.494. The molecule has 0 aromatic heterocycles. The van der Waals surface area contributed by atoms with Crippen molar-refractivity contribution in [1.82, 2.24) is 4.31 Å². The van der Waals surface area contributed by atoms with Gasteiger partial charge in [0.25, 0.3) is 5.91 Å².